The van der Waals surface area contributed by atoms with Gasteiger partial charge in [-0.25, -0.2) is 8.42 Å². The standard InChI is InChI=1S/C35H37BrClN3O4S/c1-25-18-19-29(37)22-31(25)40(45(43,44)30-16-9-6-10-17-30)24-33(41)39(23-27-14-11-15-28(36)20-27)32(34(42)38-35(2,3)4)21-26-12-7-5-8-13-26/h5-20,22,32H,21,23-24H2,1-4H3,(H,38,42)/t32-/m1/s1. The van der Waals surface area contributed by atoms with Crippen LogP contribution in [-0.4, -0.2) is 43.3 Å². The van der Waals surface area contributed by atoms with Crippen molar-refractivity contribution in [3.63, 3.8) is 0 Å². The van der Waals surface area contributed by atoms with E-state index in [-0.39, 0.29) is 29.5 Å². The van der Waals surface area contributed by atoms with Crippen LogP contribution in [0.4, 0.5) is 5.69 Å². The van der Waals surface area contributed by atoms with Gasteiger partial charge in [0.05, 0.1) is 10.6 Å². The number of hydrogen-bond acceptors (Lipinski definition) is 4. The number of amides is 2. The van der Waals surface area contributed by atoms with Crippen molar-refractivity contribution < 1.29 is 18.0 Å². The lowest BCUT2D eigenvalue weighted by atomic mass is 10.0. The molecule has 0 aliphatic heterocycles. The highest BCUT2D eigenvalue weighted by atomic mass is 79.9. The Balaban J connectivity index is 1.84. The molecule has 4 aromatic rings. The minimum Gasteiger partial charge on any atom is -0.350 e. The molecular formula is C35H37BrClN3O4S. The fourth-order valence-electron chi connectivity index (χ4n) is 4.92. The molecule has 4 aromatic carbocycles. The number of hydrogen-bond donors (Lipinski definition) is 1. The Morgan fingerprint density at radius 2 is 1.49 bits per heavy atom. The number of carbonyl (C=O) groups excluding carboxylic acids is 2. The van der Waals surface area contributed by atoms with Crippen molar-refractivity contribution >= 4 is 55.1 Å². The average molecular weight is 711 g/mol. The van der Waals surface area contributed by atoms with Gasteiger partial charge >= 0.3 is 0 Å². The zero-order valence-electron chi connectivity index (χ0n) is 25.7. The van der Waals surface area contributed by atoms with Crippen molar-refractivity contribution in [2.75, 3.05) is 10.8 Å². The number of carbonyl (C=O) groups is 2. The molecule has 0 aromatic heterocycles. The molecule has 4 rings (SSSR count). The topological polar surface area (TPSA) is 86.8 Å². The number of nitrogens with zero attached hydrogens (tertiary/aromatic N) is 2. The Hall–Kier alpha value is -3.66. The Morgan fingerprint density at radius 1 is 0.867 bits per heavy atom. The monoisotopic (exact) mass is 709 g/mol. The first kappa shape index (κ1) is 34.2. The Morgan fingerprint density at radius 3 is 2.11 bits per heavy atom. The third kappa shape index (κ3) is 9.19. The third-order valence-corrected chi connectivity index (χ3v) is 9.56. The maximum atomic E-state index is 14.6. The van der Waals surface area contributed by atoms with E-state index in [1.165, 1.54) is 23.1 Å². The van der Waals surface area contributed by atoms with E-state index < -0.39 is 34.1 Å². The largest absolute Gasteiger partial charge is 0.350 e. The minimum absolute atomic E-state index is 0.0297. The molecule has 0 aliphatic rings. The lowest BCUT2D eigenvalue weighted by Gasteiger charge is -2.35. The molecule has 0 radical (unpaired) electrons. The predicted molar refractivity (Wildman–Crippen MR) is 184 cm³/mol. The number of nitrogens with one attached hydrogen (secondary N) is 1. The van der Waals surface area contributed by atoms with Crippen LogP contribution in [0.5, 0.6) is 0 Å². The van der Waals surface area contributed by atoms with Crippen LogP contribution in [-0.2, 0) is 32.6 Å². The molecule has 0 heterocycles. The molecule has 0 saturated carbocycles. The fourth-order valence-corrected chi connectivity index (χ4v) is 7.03. The molecular weight excluding hydrogens is 674 g/mol. The van der Waals surface area contributed by atoms with Crippen molar-refractivity contribution in [2.45, 2.75) is 57.1 Å². The first-order valence-electron chi connectivity index (χ1n) is 14.5. The minimum atomic E-state index is -4.22. The fraction of sp³-hybridized carbons (Fsp3) is 0.257. The molecule has 0 saturated heterocycles. The number of benzene rings is 4. The summed E-state index contributed by atoms with van der Waals surface area (Å²) >= 11 is 9.85. The van der Waals surface area contributed by atoms with E-state index in [1.807, 2.05) is 75.4 Å². The number of sulfonamides is 1. The van der Waals surface area contributed by atoms with Crippen LogP contribution in [0, 0.1) is 6.92 Å². The van der Waals surface area contributed by atoms with Crippen LogP contribution < -0.4 is 9.62 Å². The normalized spacial score (nSPS) is 12.3. The van der Waals surface area contributed by atoms with Crippen molar-refractivity contribution in [3.8, 4) is 0 Å². The predicted octanol–water partition coefficient (Wildman–Crippen LogP) is 7.16. The van der Waals surface area contributed by atoms with Crippen LogP contribution in [0.3, 0.4) is 0 Å². The van der Waals surface area contributed by atoms with E-state index in [0.717, 1.165) is 19.9 Å². The molecule has 0 fully saturated rings. The number of anilines is 1. The van der Waals surface area contributed by atoms with Crippen molar-refractivity contribution in [2.24, 2.45) is 0 Å². The summed E-state index contributed by atoms with van der Waals surface area (Å²) in [6, 6.07) is 28.9. The first-order valence-corrected chi connectivity index (χ1v) is 17.1. The maximum absolute atomic E-state index is 14.6. The quantitative estimate of drug-likeness (QED) is 0.179. The molecule has 7 nitrogen and oxygen atoms in total. The summed E-state index contributed by atoms with van der Waals surface area (Å²) in [7, 11) is -4.22. The van der Waals surface area contributed by atoms with Crippen LogP contribution >= 0.6 is 27.5 Å². The average Bonchev–Trinajstić information content (AvgIpc) is 2.99. The molecule has 0 aliphatic carbocycles. The molecule has 45 heavy (non-hydrogen) atoms. The highest BCUT2D eigenvalue weighted by molar-refractivity contribution is 9.10. The van der Waals surface area contributed by atoms with Gasteiger partial charge in [0.25, 0.3) is 10.0 Å². The number of halogens is 2. The van der Waals surface area contributed by atoms with Gasteiger partial charge in [-0.1, -0.05) is 94.3 Å². The van der Waals surface area contributed by atoms with E-state index >= 15 is 0 Å². The van der Waals surface area contributed by atoms with Crippen molar-refractivity contribution in [1.29, 1.82) is 0 Å². The van der Waals surface area contributed by atoms with Gasteiger partial charge in [0.15, 0.2) is 0 Å². The van der Waals surface area contributed by atoms with Gasteiger partial charge in [-0.3, -0.25) is 13.9 Å². The summed E-state index contributed by atoms with van der Waals surface area (Å²) in [4.78, 5) is 30.1. The molecule has 1 atom stereocenters. The van der Waals surface area contributed by atoms with E-state index in [0.29, 0.717) is 10.6 Å². The van der Waals surface area contributed by atoms with Crippen LogP contribution in [0.15, 0.2) is 112 Å². The molecule has 10 heteroatoms. The van der Waals surface area contributed by atoms with Crippen LogP contribution in [0.1, 0.15) is 37.5 Å². The summed E-state index contributed by atoms with van der Waals surface area (Å²) in [6.07, 6.45) is 0.226. The number of aryl methyl sites for hydroxylation is 1. The van der Waals surface area contributed by atoms with Crippen LogP contribution in [0.2, 0.25) is 5.02 Å². The zero-order valence-corrected chi connectivity index (χ0v) is 28.9. The molecule has 236 valence electrons. The number of rotatable bonds is 11. The summed E-state index contributed by atoms with van der Waals surface area (Å²) in [5.41, 5.74) is 1.96. The highest BCUT2D eigenvalue weighted by Gasteiger charge is 2.36. The Bertz CT molecular complexity index is 1750. The summed E-state index contributed by atoms with van der Waals surface area (Å²) in [6.45, 7) is 6.91. The molecule has 0 spiro atoms. The molecule has 0 bridgehead atoms. The molecule has 1 N–H and O–H groups in total. The van der Waals surface area contributed by atoms with Crippen molar-refractivity contribution in [3.05, 3.63) is 129 Å². The lowest BCUT2D eigenvalue weighted by Crippen LogP contribution is -2.56. The Labute approximate surface area is 279 Å². The molecule has 0 unspecified atom stereocenters. The van der Waals surface area contributed by atoms with Gasteiger partial charge in [0.1, 0.15) is 12.6 Å². The maximum Gasteiger partial charge on any atom is 0.264 e. The van der Waals surface area contributed by atoms with Gasteiger partial charge in [0, 0.05) is 28.0 Å². The second kappa shape index (κ2) is 14.6. The summed E-state index contributed by atoms with van der Waals surface area (Å²) in [5, 5.41) is 3.37. The summed E-state index contributed by atoms with van der Waals surface area (Å²) in [5.74, 6) is -0.884. The smallest absolute Gasteiger partial charge is 0.264 e. The van der Waals surface area contributed by atoms with E-state index in [1.54, 1.807) is 37.3 Å². The van der Waals surface area contributed by atoms with Gasteiger partial charge in [-0.15, -0.1) is 0 Å². The van der Waals surface area contributed by atoms with Gasteiger partial charge in [-0.05, 0) is 80.8 Å². The van der Waals surface area contributed by atoms with Crippen molar-refractivity contribution in [1.82, 2.24) is 10.2 Å². The highest BCUT2D eigenvalue weighted by Crippen LogP contribution is 2.30. The second-order valence-electron chi connectivity index (χ2n) is 11.9. The second-order valence-corrected chi connectivity index (χ2v) is 15.1. The lowest BCUT2D eigenvalue weighted by molar-refractivity contribution is -0.140. The van der Waals surface area contributed by atoms with Gasteiger partial charge in [0.2, 0.25) is 11.8 Å². The zero-order chi connectivity index (χ0) is 32.8. The Kier molecular flexibility index (Phi) is 11.1. The molecule has 2 amide bonds. The van der Waals surface area contributed by atoms with Gasteiger partial charge < -0.3 is 10.2 Å². The van der Waals surface area contributed by atoms with E-state index in [4.69, 9.17) is 11.6 Å². The van der Waals surface area contributed by atoms with Gasteiger partial charge in [-0.2, -0.15) is 0 Å². The van der Waals surface area contributed by atoms with Crippen LogP contribution in [0.25, 0.3) is 0 Å². The summed E-state index contributed by atoms with van der Waals surface area (Å²) < 4.78 is 30.2. The third-order valence-electron chi connectivity index (χ3n) is 7.06. The SMILES string of the molecule is Cc1ccc(Cl)cc1N(CC(=O)N(Cc1cccc(Br)c1)[C@H](Cc1ccccc1)C(=O)NC(C)(C)C)S(=O)(=O)c1ccccc1. The van der Waals surface area contributed by atoms with E-state index in [9.17, 15) is 18.0 Å². The first-order chi connectivity index (χ1) is 21.2. The van der Waals surface area contributed by atoms with E-state index in [2.05, 4.69) is 21.2 Å².